The van der Waals surface area contributed by atoms with E-state index >= 15 is 0 Å². The first-order chi connectivity index (χ1) is 5.72. The number of nitrogens with one attached hydrogen (secondary N) is 1. The Hall–Kier alpha value is -0.120. The molecule has 1 unspecified atom stereocenters. The van der Waals surface area contributed by atoms with Crippen molar-refractivity contribution in [3.63, 3.8) is 0 Å². The predicted octanol–water partition coefficient (Wildman–Crippen LogP) is 0.524. The summed E-state index contributed by atoms with van der Waals surface area (Å²) in [6.07, 6.45) is 3.37. The molecule has 3 heteroatoms. The Morgan fingerprint density at radius 3 is 2.75 bits per heavy atom. The van der Waals surface area contributed by atoms with E-state index in [1.807, 2.05) is 6.92 Å². The number of hydrogen-bond donors (Lipinski definition) is 2. The molecule has 1 fully saturated rings. The van der Waals surface area contributed by atoms with Crippen LogP contribution in [0.5, 0.6) is 0 Å². The lowest BCUT2D eigenvalue weighted by atomic mass is 9.89. The third-order valence-electron chi connectivity index (χ3n) is 2.42. The molecule has 1 saturated carbocycles. The molecule has 1 aliphatic carbocycles. The van der Waals surface area contributed by atoms with Crippen LogP contribution in [0.3, 0.4) is 0 Å². The van der Waals surface area contributed by atoms with Crippen molar-refractivity contribution in [2.75, 3.05) is 13.7 Å². The van der Waals surface area contributed by atoms with Crippen molar-refractivity contribution in [2.45, 2.75) is 44.4 Å². The van der Waals surface area contributed by atoms with Crippen LogP contribution in [0.2, 0.25) is 0 Å². The second-order valence-corrected chi connectivity index (χ2v) is 3.62. The van der Waals surface area contributed by atoms with Crippen LogP contribution >= 0.6 is 0 Å². The van der Waals surface area contributed by atoms with Crippen LogP contribution in [-0.4, -0.2) is 37.0 Å². The largest absolute Gasteiger partial charge is 0.393 e. The van der Waals surface area contributed by atoms with Gasteiger partial charge in [-0.2, -0.15) is 0 Å². The van der Waals surface area contributed by atoms with Gasteiger partial charge in [0.05, 0.1) is 12.2 Å². The van der Waals surface area contributed by atoms with E-state index in [9.17, 15) is 0 Å². The maximum atomic E-state index is 8.99. The Kier molecular flexibility index (Phi) is 3.98. The van der Waals surface area contributed by atoms with Crippen LogP contribution in [0.25, 0.3) is 0 Å². The third kappa shape index (κ3) is 3.09. The fraction of sp³-hybridized carbons (Fsp3) is 1.00. The summed E-state index contributed by atoms with van der Waals surface area (Å²) in [5, 5.41) is 12.4. The van der Waals surface area contributed by atoms with E-state index in [2.05, 4.69) is 5.32 Å². The van der Waals surface area contributed by atoms with Gasteiger partial charge in [-0.15, -0.1) is 0 Å². The lowest BCUT2D eigenvalue weighted by Gasteiger charge is -2.34. The van der Waals surface area contributed by atoms with Crippen molar-refractivity contribution < 1.29 is 9.84 Å². The molecule has 0 radical (unpaired) electrons. The van der Waals surface area contributed by atoms with Gasteiger partial charge in [0.2, 0.25) is 0 Å². The average Bonchev–Trinajstić information content (AvgIpc) is 1.93. The van der Waals surface area contributed by atoms with Gasteiger partial charge in [0.25, 0.3) is 0 Å². The van der Waals surface area contributed by atoms with Crippen molar-refractivity contribution in [3.8, 4) is 0 Å². The van der Waals surface area contributed by atoms with Gasteiger partial charge in [0.1, 0.15) is 0 Å². The molecule has 1 rings (SSSR count). The van der Waals surface area contributed by atoms with E-state index in [0.717, 1.165) is 25.8 Å². The lowest BCUT2D eigenvalue weighted by molar-refractivity contribution is 0.0167. The minimum Gasteiger partial charge on any atom is -0.393 e. The molecule has 0 spiro atoms. The number of ether oxygens (including phenoxy) is 1. The summed E-state index contributed by atoms with van der Waals surface area (Å²) in [4.78, 5) is 0. The summed E-state index contributed by atoms with van der Waals surface area (Å²) in [6, 6.07) is 0.619. The van der Waals surface area contributed by atoms with Crippen LogP contribution < -0.4 is 5.32 Å². The fourth-order valence-corrected chi connectivity index (χ4v) is 1.42. The van der Waals surface area contributed by atoms with Crippen LogP contribution in [0.1, 0.15) is 26.2 Å². The summed E-state index contributed by atoms with van der Waals surface area (Å²) in [7, 11) is 1.76. The summed E-state index contributed by atoms with van der Waals surface area (Å²) in [6.45, 7) is 2.74. The third-order valence-corrected chi connectivity index (χ3v) is 2.42. The van der Waals surface area contributed by atoms with Crippen LogP contribution in [0.4, 0.5) is 0 Å². The number of aliphatic hydroxyl groups is 1. The Balaban J connectivity index is 1.90. The zero-order valence-corrected chi connectivity index (χ0v) is 7.92. The van der Waals surface area contributed by atoms with Crippen LogP contribution in [0.15, 0.2) is 0 Å². The molecule has 0 heterocycles. The zero-order chi connectivity index (χ0) is 8.97. The second-order valence-electron chi connectivity index (χ2n) is 3.62. The maximum Gasteiger partial charge on any atom is 0.0601 e. The minimum atomic E-state index is -0.184. The Morgan fingerprint density at radius 1 is 1.58 bits per heavy atom. The Morgan fingerprint density at radius 2 is 2.25 bits per heavy atom. The monoisotopic (exact) mass is 173 g/mol. The van der Waals surface area contributed by atoms with Gasteiger partial charge in [-0.05, 0) is 32.7 Å². The Labute approximate surface area is 74.1 Å². The highest BCUT2D eigenvalue weighted by atomic mass is 16.5. The van der Waals surface area contributed by atoms with Crippen LogP contribution in [0, 0.1) is 0 Å². The average molecular weight is 173 g/mol. The SMILES string of the molecule is COC1CC(NCCC(C)O)C1. The van der Waals surface area contributed by atoms with Crippen molar-refractivity contribution >= 4 is 0 Å². The predicted molar refractivity (Wildman–Crippen MR) is 48.1 cm³/mol. The number of rotatable bonds is 5. The molecular weight excluding hydrogens is 154 g/mol. The second kappa shape index (κ2) is 4.80. The standard InChI is InChI=1S/C9H19NO2/c1-7(11)3-4-10-8-5-9(6-8)12-2/h7-11H,3-6H2,1-2H3. The maximum absolute atomic E-state index is 8.99. The molecule has 2 N–H and O–H groups in total. The first-order valence-corrected chi connectivity index (χ1v) is 4.66. The molecular formula is C9H19NO2. The first-order valence-electron chi connectivity index (χ1n) is 4.66. The normalized spacial score (nSPS) is 31.2. The lowest BCUT2D eigenvalue weighted by Crippen LogP contribution is -2.45. The molecule has 0 saturated heterocycles. The topological polar surface area (TPSA) is 41.5 Å². The number of methoxy groups -OCH3 is 1. The molecule has 0 aromatic heterocycles. The molecule has 0 aliphatic heterocycles. The van der Waals surface area contributed by atoms with E-state index in [-0.39, 0.29) is 6.10 Å². The summed E-state index contributed by atoms with van der Waals surface area (Å²) < 4.78 is 5.15. The number of hydrogen-bond acceptors (Lipinski definition) is 3. The molecule has 0 amide bonds. The summed E-state index contributed by atoms with van der Waals surface area (Å²) >= 11 is 0. The zero-order valence-electron chi connectivity index (χ0n) is 7.92. The molecule has 72 valence electrons. The van der Waals surface area contributed by atoms with E-state index in [1.54, 1.807) is 7.11 Å². The van der Waals surface area contributed by atoms with E-state index in [1.165, 1.54) is 0 Å². The Bertz CT molecular complexity index is 122. The number of aliphatic hydroxyl groups excluding tert-OH is 1. The molecule has 1 aliphatic rings. The molecule has 0 aromatic rings. The minimum absolute atomic E-state index is 0.184. The summed E-state index contributed by atoms with van der Waals surface area (Å²) in [5.74, 6) is 0. The van der Waals surface area contributed by atoms with E-state index in [4.69, 9.17) is 9.84 Å². The molecule has 0 aromatic carbocycles. The highest BCUT2D eigenvalue weighted by molar-refractivity contribution is 4.85. The van der Waals surface area contributed by atoms with Crippen LogP contribution in [-0.2, 0) is 4.74 Å². The summed E-state index contributed by atoms with van der Waals surface area (Å²) in [5.41, 5.74) is 0. The van der Waals surface area contributed by atoms with Gasteiger partial charge < -0.3 is 15.2 Å². The fourth-order valence-electron chi connectivity index (χ4n) is 1.42. The highest BCUT2D eigenvalue weighted by Gasteiger charge is 2.27. The van der Waals surface area contributed by atoms with Gasteiger partial charge in [-0.3, -0.25) is 0 Å². The molecule has 0 bridgehead atoms. The molecule has 3 nitrogen and oxygen atoms in total. The van der Waals surface area contributed by atoms with E-state index < -0.39 is 0 Å². The van der Waals surface area contributed by atoms with Gasteiger partial charge >= 0.3 is 0 Å². The molecule has 1 atom stereocenters. The van der Waals surface area contributed by atoms with Crippen molar-refractivity contribution in [1.29, 1.82) is 0 Å². The molecule has 12 heavy (non-hydrogen) atoms. The van der Waals surface area contributed by atoms with Gasteiger partial charge in [-0.1, -0.05) is 0 Å². The van der Waals surface area contributed by atoms with Gasteiger partial charge in [-0.25, -0.2) is 0 Å². The van der Waals surface area contributed by atoms with Crippen molar-refractivity contribution in [1.82, 2.24) is 5.32 Å². The quantitative estimate of drug-likeness (QED) is 0.637. The van der Waals surface area contributed by atoms with Gasteiger partial charge in [0, 0.05) is 13.2 Å². The first kappa shape index (κ1) is 9.96. The van der Waals surface area contributed by atoms with Crippen molar-refractivity contribution in [3.05, 3.63) is 0 Å². The highest BCUT2D eigenvalue weighted by Crippen LogP contribution is 2.22. The van der Waals surface area contributed by atoms with Gasteiger partial charge in [0.15, 0.2) is 0 Å². The smallest absolute Gasteiger partial charge is 0.0601 e. The van der Waals surface area contributed by atoms with E-state index in [0.29, 0.717) is 12.1 Å². The van der Waals surface area contributed by atoms with Crippen molar-refractivity contribution in [2.24, 2.45) is 0 Å².